The summed E-state index contributed by atoms with van der Waals surface area (Å²) in [4.78, 5) is 12.2. The summed E-state index contributed by atoms with van der Waals surface area (Å²) in [5.74, 6) is 0.297. The molecular weight excluding hydrogens is 350 g/mol. The molecule has 1 amide bonds. The minimum Gasteiger partial charge on any atom is -0.481 e. The van der Waals surface area contributed by atoms with E-state index in [1.807, 2.05) is 49.0 Å². The molecule has 3 aromatic rings. The van der Waals surface area contributed by atoms with Crippen LogP contribution in [-0.2, 0) is 11.8 Å². The molecule has 3 rings (SSSR count). The molecule has 2 aromatic carbocycles. The number of ether oxygens (including phenoxy) is 1. The molecule has 0 saturated carbocycles. The molecule has 0 radical (unpaired) electrons. The fourth-order valence-corrected chi connectivity index (χ4v) is 2.95. The molecular formula is C20H20ClN3O2. The van der Waals surface area contributed by atoms with Crippen molar-refractivity contribution in [3.8, 4) is 5.75 Å². The largest absolute Gasteiger partial charge is 0.481 e. The summed E-state index contributed by atoms with van der Waals surface area (Å²) in [5.41, 5.74) is 5.44. The van der Waals surface area contributed by atoms with Gasteiger partial charge in [-0.05, 0) is 43.7 Å². The van der Waals surface area contributed by atoms with Crippen molar-refractivity contribution >= 4 is 34.6 Å². The Morgan fingerprint density at radius 2 is 2.08 bits per heavy atom. The van der Waals surface area contributed by atoms with Gasteiger partial charge in [-0.2, -0.15) is 5.10 Å². The van der Waals surface area contributed by atoms with Crippen LogP contribution in [0.25, 0.3) is 10.9 Å². The number of nitrogens with one attached hydrogen (secondary N) is 1. The SMILES string of the molecule is Cc1cc(Cl)ccc1OC(C)C(=O)N/N=C/c1cn(C)c2ccccc12. The van der Waals surface area contributed by atoms with Crippen molar-refractivity contribution in [2.24, 2.45) is 12.1 Å². The molecule has 0 aliphatic heterocycles. The molecule has 1 unspecified atom stereocenters. The van der Waals surface area contributed by atoms with Gasteiger partial charge in [0, 0.05) is 34.7 Å². The molecule has 6 heteroatoms. The lowest BCUT2D eigenvalue weighted by molar-refractivity contribution is -0.127. The van der Waals surface area contributed by atoms with E-state index in [0.717, 1.165) is 22.0 Å². The molecule has 1 aromatic heterocycles. The van der Waals surface area contributed by atoms with E-state index in [9.17, 15) is 4.79 Å². The second-order valence-electron chi connectivity index (χ2n) is 6.12. The van der Waals surface area contributed by atoms with Crippen LogP contribution in [0.1, 0.15) is 18.1 Å². The van der Waals surface area contributed by atoms with Crippen LogP contribution in [0.2, 0.25) is 5.02 Å². The molecule has 1 heterocycles. The molecule has 1 atom stereocenters. The highest BCUT2D eigenvalue weighted by Gasteiger charge is 2.15. The van der Waals surface area contributed by atoms with Gasteiger partial charge >= 0.3 is 0 Å². The third-order valence-electron chi connectivity index (χ3n) is 4.12. The highest BCUT2D eigenvalue weighted by atomic mass is 35.5. The number of carbonyl (C=O) groups excluding carboxylic acids is 1. The van der Waals surface area contributed by atoms with Crippen molar-refractivity contribution in [2.75, 3.05) is 0 Å². The smallest absolute Gasteiger partial charge is 0.280 e. The number of benzene rings is 2. The number of hydrogen-bond acceptors (Lipinski definition) is 3. The number of hydrogen-bond donors (Lipinski definition) is 1. The number of para-hydroxylation sites is 1. The van der Waals surface area contributed by atoms with E-state index in [2.05, 4.69) is 10.5 Å². The van der Waals surface area contributed by atoms with Crippen LogP contribution in [0, 0.1) is 6.92 Å². The molecule has 1 N–H and O–H groups in total. The maximum absolute atomic E-state index is 12.2. The Labute approximate surface area is 157 Å². The average Bonchev–Trinajstić information content (AvgIpc) is 2.94. The third kappa shape index (κ3) is 3.89. The maximum atomic E-state index is 12.2. The number of amides is 1. The van der Waals surface area contributed by atoms with E-state index in [4.69, 9.17) is 16.3 Å². The number of halogens is 1. The van der Waals surface area contributed by atoms with E-state index < -0.39 is 6.10 Å². The summed E-state index contributed by atoms with van der Waals surface area (Å²) in [6, 6.07) is 13.3. The predicted octanol–water partition coefficient (Wildman–Crippen LogP) is 4.06. The summed E-state index contributed by atoms with van der Waals surface area (Å²) >= 11 is 5.93. The number of fused-ring (bicyclic) bond motifs is 1. The molecule has 26 heavy (non-hydrogen) atoms. The van der Waals surface area contributed by atoms with Gasteiger partial charge in [0.15, 0.2) is 6.10 Å². The second kappa shape index (κ2) is 7.62. The second-order valence-corrected chi connectivity index (χ2v) is 6.55. The summed E-state index contributed by atoms with van der Waals surface area (Å²) in [6.07, 6.45) is 2.93. The molecule has 0 aliphatic carbocycles. The molecule has 0 bridgehead atoms. The topological polar surface area (TPSA) is 55.6 Å². The first-order valence-electron chi connectivity index (χ1n) is 8.25. The third-order valence-corrected chi connectivity index (χ3v) is 4.35. The van der Waals surface area contributed by atoms with Crippen molar-refractivity contribution in [3.05, 3.63) is 64.8 Å². The number of aromatic nitrogens is 1. The first-order chi connectivity index (χ1) is 12.5. The minimum atomic E-state index is -0.681. The van der Waals surface area contributed by atoms with Crippen molar-refractivity contribution in [1.82, 2.24) is 9.99 Å². The zero-order chi connectivity index (χ0) is 18.7. The van der Waals surface area contributed by atoms with Crippen molar-refractivity contribution in [1.29, 1.82) is 0 Å². The zero-order valence-electron chi connectivity index (χ0n) is 14.9. The quantitative estimate of drug-likeness (QED) is 0.544. The fourth-order valence-electron chi connectivity index (χ4n) is 2.72. The number of nitrogens with zero attached hydrogens (tertiary/aromatic N) is 2. The van der Waals surface area contributed by atoms with E-state index in [1.165, 1.54) is 0 Å². The monoisotopic (exact) mass is 369 g/mol. The van der Waals surface area contributed by atoms with Crippen LogP contribution in [0.5, 0.6) is 5.75 Å². The van der Waals surface area contributed by atoms with Crippen LogP contribution >= 0.6 is 11.6 Å². The molecule has 5 nitrogen and oxygen atoms in total. The average molecular weight is 370 g/mol. The van der Waals surface area contributed by atoms with E-state index in [-0.39, 0.29) is 5.91 Å². The zero-order valence-corrected chi connectivity index (χ0v) is 15.6. The van der Waals surface area contributed by atoms with Gasteiger partial charge in [0.25, 0.3) is 5.91 Å². The fraction of sp³-hybridized carbons (Fsp3) is 0.200. The summed E-state index contributed by atoms with van der Waals surface area (Å²) in [6.45, 7) is 3.56. The van der Waals surface area contributed by atoms with Crippen LogP contribution in [0.15, 0.2) is 53.8 Å². The molecule has 0 fully saturated rings. The normalized spacial score (nSPS) is 12.5. The van der Waals surface area contributed by atoms with Crippen LogP contribution in [0.3, 0.4) is 0 Å². The van der Waals surface area contributed by atoms with Crippen LogP contribution in [0.4, 0.5) is 0 Å². The lowest BCUT2D eigenvalue weighted by Gasteiger charge is -2.14. The Bertz CT molecular complexity index is 978. The Balaban J connectivity index is 1.65. The standard InChI is InChI=1S/C20H20ClN3O2/c1-13-10-16(21)8-9-19(13)26-14(2)20(25)23-22-11-15-12-24(3)18-7-5-4-6-17(15)18/h4-12,14H,1-3H3,(H,23,25)/b22-11+. The van der Waals surface area contributed by atoms with E-state index in [0.29, 0.717) is 10.8 Å². The van der Waals surface area contributed by atoms with Crippen molar-refractivity contribution in [3.63, 3.8) is 0 Å². The van der Waals surface area contributed by atoms with Crippen LogP contribution < -0.4 is 10.2 Å². The predicted molar refractivity (Wildman–Crippen MR) is 105 cm³/mol. The molecule has 134 valence electrons. The maximum Gasteiger partial charge on any atom is 0.280 e. The van der Waals surface area contributed by atoms with Gasteiger partial charge in [-0.1, -0.05) is 29.8 Å². The summed E-state index contributed by atoms with van der Waals surface area (Å²) < 4.78 is 7.71. The Morgan fingerprint density at radius 1 is 1.31 bits per heavy atom. The summed E-state index contributed by atoms with van der Waals surface area (Å²) in [7, 11) is 1.97. The number of aryl methyl sites for hydroxylation is 2. The Morgan fingerprint density at radius 3 is 2.85 bits per heavy atom. The van der Waals surface area contributed by atoms with Gasteiger partial charge in [-0.15, -0.1) is 0 Å². The number of hydrazone groups is 1. The Hall–Kier alpha value is -2.79. The molecule has 0 spiro atoms. The van der Waals surface area contributed by atoms with Crippen molar-refractivity contribution in [2.45, 2.75) is 20.0 Å². The first-order valence-corrected chi connectivity index (χ1v) is 8.63. The van der Waals surface area contributed by atoms with Crippen molar-refractivity contribution < 1.29 is 9.53 Å². The van der Waals surface area contributed by atoms with Gasteiger partial charge < -0.3 is 9.30 Å². The van der Waals surface area contributed by atoms with E-state index in [1.54, 1.807) is 31.3 Å². The first kappa shape index (κ1) is 18.0. The van der Waals surface area contributed by atoms with Gasteiger partial charge in [-0.25, -0.2) is 5.43 Å². The minimum absolute atomic E-state index is 0.323. The van der Waals surface area contributed by atoms with Crippen LogP contribution in [-0.4, -0.2) is 22.8 Å². The molecule has 0 aliphatic rings. The highest BCUT2D eigenvalue weighted by Crippen LogP contribution is 2.23. The van der Waals surface area contributed by atoms with Gasteiger partial charge in [0.2, 0.25) is 0 Å². The number of rotatable bonds is 5. The van der Waals surface area contributed by atoms with Gasteiger partial charge in [0.1, 0.15) is 5.75 Å². The van der Waals surface area contributed by atoms with Gasteiger partial charge in [-0.3, -0.25) is 4.79 Å². The highest BCUT2D eigenvalue weighted by molar-refractivity contribution is 6.30. The summed E-state index contributed by atoms with van der Waals surface area (Å²) in [5, 5.41) is 5.77. The lowest BCUT2D eigenvalue weighted by atomic mass is 10.2. The number of carbonyl (C=O) groups is 1. The Kier molecular flexibility index (Phi) is 5.28. The van der Waals surface area contributed by atoms with E-state index >= 15 is 0 Å². The molecule has 0 saturated heterocycles. The van der Waals surface area contributed by atoms with Gasteiger partial charge in [0.05, 0.1) is 6.21 Å². The lowest BCUT2D eigenvalue weighted by Crippen LogP contribution is -2.33.